The average Bonchev–Trinajstić information content (AvgIpc) is 2.08. The largest absolute Gasteiger partial charge is 0.385 e. The highest BCUT2D eigenvalue weighted by Gasteiger charge is 2.05. The Morgan fingerprint density at radius 3 is 2.54 bits per heavy atom. The Labute approximate surface area is 81.2 Å². The molecule has 1 N–H and O–H groups in total. The molecule has 0 saturated carbocycles. The summed E-state index contributed by atoms with van der Waals surface area (Å²) >= 11 is 0. The summed E-state index contributed by atoms with van der Waals surface area (Å²) in [6, 6.07) is 6.60. The molecule has 1 aromatic carbocycles. The van der Waals surface area contributed by atoms with E-state index in [-0.39, 0.29) is 0 Å². The molecule has 0 bridgehead atoms. The normalized spacial score (nSPS) is 10.5. The molecule has 1 nitrogen and oxygen atoms in total. The molecule has 0 atom stereocenters. The first-order valence-corrected chi connectivity index (χ1v) is 4.99. The van der Waals surface area contributed by atoms with E-state index in [0.29, 0.717) is 5.92 Å². The molecule has 0 aromatic heterocycles. The van der Waals surface area contributed by atoms with Crippen LogP contribution in [-0.2, 0) is 0 Å². The quantitative estimate of drug-likeness (QED) is 0.744. The van der Waals surface area contributed by atoms with E-state index in [4.69, 9.17) is 0 Å². The molecule has 1 heteroatoms. The van der Waals surface area contributed by atoms with E-state index in [1.165, 1.54) is 16.8 Å². The van der Waals surface area contributed by atoms with Gasteiger partial charge in [0.1, 0.15) is 0 Å². The Morgan fingerprint density at radius 2 is 2.00 bits per heavy atom. The molecule has 0 heterocycles. The fourth-order valence-corrected chi connectivity index (χ4v) is 1.51. The van der Waals surface area contributed by atoms with E-state index in [1.54, 1.807) is 0 Å². The van der Waals surface area contributed by atoms with Gasteiger partial charge < -0.3 is 5.32 Å². The molecular formula is C12H19N. The molecule has 0 amide bonds. The maximum Gasteiger partial charge on any atom is 0.0375 e. The minimum Gasteiger partial charge on any atom is -0.385 e. The van der Waals surface area contributed by atoms with E-state index in [9.17, 15) is 0 Å². The van der Waals surface area contributed by atoms with Crippen LogP contribution in [0.3, 0.4) is 0 Å². The predicted molar refractivity (Wildman–Crippen MR) is 59.4 cm³/mol. The molecule has 72 valence electrons. The number of benzene rings is 1. The topological polar surface area (TPSA) is 12.0 Å². The molecule has 1 rings (SSSR count). The van der Waals surface area contributed by atoms with Crippen LogP contribution in [0.25, 0.3) is 0 Å². The molecule has 0 radical (unpaired) electrons. The Balaban J connectivity index is 3.03. The van der Waals surface area contributed by atoms with Crippen LogP contribution in [0.1, 0.15) is 37.8 Å². The lowest BCUT2D eigenvalue weighted by molar-refractivity contribution is 0.864. The Kier molecular flexibility index (Phi) is 3.35. The van der Waals surface area contributed by atoms with E-state index in [2.05, 4.69) is 51.2 Å². The molecule has 0 aliphatic carbocycles. The molecule has 0 spiro atoms. The van der Waals surface area contributed by atoms with Crippen molar-refractivity contribution >= 4 is 5.69 Å². The first-order valence-electron chi connectivity index (χ1n) is 4.99. The molecule has 0 saturated heterocycles. The number of nitrogens with one attached hydrogen (secondary N) is 1. The maximum atomic E-state index is 3.38. The molecule has 0 aliphatic rings. The molecule has 0 unspecified atom stereocenters. The third-order valence-electron chi connectivity index (χ3n) is 2.20. The lowest BCUT2D eigenvalue weighted by Gasteiger charge is -2.14. The monoisotopic (exact) mass is 177 g/mol. The second-order valence-electron chi connectivity index (χ2n) is 3.78. The smallest absolute Gasteiger partial charge is 0.0375 e. The lowest BCUT2D eigenvalue weighted by atomic mass is 9.99. The van der Waals surface area contributed by atoms with Crippen LogP contribution in [0.15, 0.2) is 18.2 Å². The zero-order chi connectivity index (χ0) is 9.84. The van der Waals surface area contributed by atoms with Crippen molar-refractivity contribution in [2.24, 2.45) is 0 Å². The van der Waals surface area contributed by atoms with Crippen molar-refractivity contribution in [3.8, 4) is 0 Å². The van der Waals surface area contributed by atoms with Crippen LogP contribution in [0.4, 0.5) is 5.69 Å². The summed E-state index contributed by atoms with van der Waals surface area (Å²) in [5.74, 6) is 0.592. The molecule has 0 fully saturated rings. The zero-order valence-corrected chi connectivity index (χ0v) is 9.02. The van der Waals surface area contributed by atoms with Crippen molar-refractivity contribution < 1.29 is 0 Å². The van der Waals surface area contributed by atoms with Crippen LogP contribution in [-0.4, -0.2) is 6.54 Å². The summed E-state index contributed by atoms with van der Waals surface area (Å²) in [5, 5.41) is 3.38. The van der Waals surface area contributed by atoms with Crippen LogP contribution in [0, 0.1) is 6.92 Å². The molecule has 13 heavy (non-hydrogen) atoms. The summed E-state index contributed by atoms with van der Waals surface area (Å²) in [6.45, 7) is 9.72. The number of aryl methyl sites for hydroxylation is 1. The minimum absolute atomic E-state index is 0.592. The van der Waals surface area contributed by atoms with Gasteiger partial charge in [-0.05, 0) is 31.4 Å². The summed E-state index contributed by atoms with van der Waals surface area (Å²) in [6.07, 6.45) is 0. The Morgan fingerprint density at radius 1 is 1.31 bits per heavy atom. The van der Waals surface area contributed by atoms with Crippen LogP contribution in [0.2, 0.25) is 0 Å². The van der Waals surface area contributed by atoms with Gasteiger partial charge in [0.25, 0.3) is 0 Å². The second kappa shape index (κ2) is 4.31. The van der Waals surface area contributed by atoms with Crippen molar-refractivity contribution in [3.05, 3.63) is 29.3 Å². The highest BCUT2D eigenvalue weighted by molar-refractivity contribution is 5.53. The van der Waals surface area contributed by atoms with E-state index in [0.717, 1.165) is 6.54 Å². The number of anilines is 1. The number of hydrogen-bond acceptors (Lipinski definition) is 1. The summed E-state index contributed by atoms with van der Waals surface area (Å²) in [5.41, 5.74) is 4.04. The summed E-state index contributed by atoms with van der Waals surface area (Å²) < 4.78 is 0. The third-order valence-corrected chi connectivity index (χ3v) is 2.20. The molecular weight excluding hydrogens is 158 g/mol. The van der Waals surface area contributed by atoms with E-state index >= 15 is 0 Å². The van der Waals surface area contributed by atoms with Crippen molar-refractivity contribution in [2.75, 3.05) is 11.9 Å². The van der Waals surface area contributed by atoms with Crippen LogP contribution >= 0.6 is 0 Å². The van der Waals surface area contributed by atoms with Crippen LogP contribution in [0.5, 0.6) is 0 Å². The first-order chi connectivity index (χ1) is 6.15. The van der Waals surface area contributed by atoms with Gasteiger partial charge in [-0.15, -0.1) is 0 Å². The van der Waals surface area contributed by atoms with Gasteiger partial charge in [-0.25, -0.2) is 0 Å². The van der Waals surface area contributed by atoms with Crippen molar-refractivity contribution in [3.63, 3.8) is 0 Å². The first kappa shape index (κ1) is 10.1. The van der Waals surface area contributed by atoms with Gasteiger partial charge in [-0.1, -0.05) is 31.5 Å². The second-order valence-corrected chi connectivity index (χ2v) is 3.78. The van der Waals surface area contributed by atoms with Gasteiger partial charge in [0.15, 0.2) is 0 Å². The standard InChI is InChI=1S/C12H19N/c1-5-13-12-7-6-10(4)8-11(12)9(2)3/h6-9,13H,5H2,1-4H3. The fraction of sp³-hybridized carbons (Fsp3) is 0.500. The van der Waals surface area contributed by atoms with E-state index < -0.39 is 0 Å². The van der Waals surface area contributed by atoms with Gasteiger partial charge in [0.05, 0.1) is 0 Å². The average molecular weight is 177 g/mol. The maximum absolute atomic E-state index is 3.38. The van der Waals surface area contributed by atoms with Crippen LogP contribution < -0.4 is 5.32 Å². The number of rotatable bonds is 3. The summed E-state index contributed by atoms with van der Waals surface area (Å²) in [4.78, 5) is 0. The fourth-order valence-electron chi connectivity index (χ4n) is 1.51. The van der Waals surface area contributed by atoms with E-state index in [1.807, 2.05) is 0 Å². The molecule has 1 aromatic rings. The zero-order valence-electron chi connectivity index (χ0n) is 9.02. The van der Waals surface area contributed by atoms with Gasteiger partial charge >= 0.3 is 0 Å². The van der Waals surface area contributed by atoms with Gasteiger partial charge in [0.2, 0.25) is 0 Å². The van der Waals surface area contributed by atoms with Crippen molar-refractivity contribution in [1.82, 2.24) is 0 Å². The van der Waals surface area contributed by atoms with Gasteiger partial charge in [-0.2, -0.15) is 0 Å². The third kappa shape index (κ3) is 2.48. The minimum atomic E-state index is 0.592. The van der Waals surface area contributed by atoms with Crippen molar-refractivity contribution in [2.45, 2.75) is 33.6 Å². The molecule has 0 aliphatic heterocycles. The predicted octanol–water partition coefficient (Wildman–Crippen LogP) is 3.55. The van der Waals surface area contributed by atoms with Crippen molar-refractivity contribution in [1.29, 1.82) is 0 Å². The number of hydrogen-bond donors (Lipinski definition) is 1. The van der Waals surface area contributed by atoms with Gasteiger partial charge in [0, 0.05) is 12.2 Å². The summed E-state index contributed by atoms with van der Waals surface area (Å²) in [7, 11) is 0. The Hall–Kier alpha value is -0.980. The SMILES string of the molecule is CCNc1ccc(C)cc1C(C)C. The Bertz CT molecular complexity index is 276. The van der Waals surface area contributed by atoms with Gasteiger partial charge in [-0.3, -0.25) is 0 Å². The highest BCUT2D eigenvalue weighted by Crippen LogP contribution is 2.24. The lowest BCUT2D eigenvalue weighted by Crippen LogP contribution is -2.02. The highest BCUT2D eigenvalue weighted by atomic mass is 14.9.